The van der Waals surface area contributed by atoms with E-state index in [0.29, 0.717) is 30.1 Å². The van der Waals surface area contributed by atoms with E-state index in [2.05, 4.69) is 5.32 Å². The SMILES string of the molecule is CCCNC(=O)C(CC)N(Cc1ccc(Cl)cc1)C(=O)CCCN(c1cccc(C)c1)S(C)(=O)=O. The van der Waals surface area contributed by atoms with Crippen molar-refractivity contribution in [1.82, 2.24) is 10.2 Å². The monoisotopic (exact) mass is 521 g/mol. The number of benzene rings is 2. The van der Waals surface area contributed by atoms with Crippen molar-refractivity contribution in [3.63, 3.8) is 0 Å². The molecule has 1 unspecified atom stereocenters. The predicted octanol–water partition coefficient (Wildman–Crippen LogP) is 4.53. The molecule has 7 nitrogen and oxygen atoms in total. The van der Waals surface area contributed by atoms with Crippen molar-refractivity contribution in [2.45, 2.75) is 59.0 Å². The van der Waals surface area contributed by atoms with E-state index in [1.807, 2.05) is 45.0 Å². The van der Waals surface area contributed by atoms with Crippen LogP contribution >= 0.6 is 11.6 Å². The van der Waals surface area contributed by atoms with Gasteiger partial charge in [0.2, 0.25) is 21.8 Å². The van der Waals surface area contributed by atoms with E-state index in [1.165, 1.54) is 4.31 Å². The summed E-state index contributed by atoms with van der Waals surface area (Å²) in [6, 6.07) is 13.8. The van der Waals surface area contributed by atoms with Crippen LogP contribution in [-0.4, -0.2) is 50.5 Å². The number of carbonyl (C=O) groups excluding carboxylic acids is 2. The van der Waals surface area contributed by atoms with Crippen molar-refractivity contribution in [2.24, 2.45) is 0 Å². The van der Waals surface area contributed by atoms with Gasteiger partial charge >= 0.3 is 0 Å². The molecular formula is C26H36ClN3O4S. The number of anilines is 1. The largest absolute Gasteiger partial charge is 0.354 e. The lowest BCUT2D eigenvalue weighted by Crippen LogP contribution is -2.49. The smallest absolute Gasteiger partial charge is 0.242 e. The molecule has 192 valence electrons. The highest BCUT2D eigenvalue weighted by Gasteiger charge is 2.28. The van der Waals surface area contributed by atoms with Crippen LogP contribution in [0.25, 0.3) is 0 Å². The Morgan fingerprint density at radius 1 is 1.09 bits per heavy atom. The average Bonchev–Trinajstić information content (AvgIpc) is 2.80. The fourth-order valence-electron chi connectivity index (χ4n) is 3.86. The molecule has 0 radical (unpaired) electrons. The molecule has 2 rings (SSSR count). The summed E-state index contributed by atoms with van der Waals surface area (Å²) in [6.45, 7) is 6.72. The molecule has 35 heavy (non-hydrogen) atoms. The molecule has 0 saturated heterocycles. The summed E-state index contributed by atoms with van der Waals surface area (Å²) in [7, 11) is -3.52. The number of hydrogen-bond donors (Lipinski definition) is 1. The van der Waals surface area contributed by atoms with Crippen molar-refractivity contribution in [2.75, 3.05) is 23.7 Å². The average molecular weight is 522 g/mol. The third-order valence-corrected chi connectivity index (χ3v) is 7.09. The van der Waals surface area contributed by atoms with E-state index >= 15 is 0 Å². The molecule has 0 saturated carbocycles. The normalized spacial score (nSPS) is 12.1. The van der Waals surface area contributed by atoms with Crippen molar-refractivity contribution in [1.29, 1.82) is 0 Å². The van der Waals surface area contributed by atoms with Crippen LogP contribution < -0.4 is 9.62 Å². The van der Waals surface area contributed by atoms with Gasteiger partial charge in [-0.05, 0) is 61.6 Å². The molecular weight excluding hydrogens is 486 g/mol. The Kier molecular flexibility index (Phi) is 11.0. The molecule has 0 aliphatic rings. The number of aryl methyl sites for hydroxylation is 1. The second-order valence-corrected chi connectivity index (χ2v) is 11.0. The number of sulfonamides is 1. The maximum absolute atomic E-state index is 13.4. The lowest BCUT2D eigenvalue weighted by molar-refractivity contribution is -0.141. The van der Waals surface area contributed by atoms with E-state index < -0.39 is 16.1 Å². The fraction of sp³-hybridized carbons (Fsp3) is 0.462. The van der Waals surface area contributed by atoms with Crippen molar-refractivity contribution in [3.05, 3.63) is 64.7 Å². The van der Waals surface area contributed by atoms with E-state index in [-0.39, 0.29) is 31.3 Å². The van der Waals surface area contributed by atoms with Gasteiger partial charge in [0.25, 0.3) is 0 Å². The van der Waals surface area contributed by atoms with Gasteiger partial charge in [0.15, 0.2) is 0 Å². The van der Waals surface area contributed by atoms with Crippen molar-refractivity contribution >= 4 is 39.1 Å². The van der Waals surface area contributed by atoms with Crippen LogP contribution in [0.4, 0.5) is 5.69 Å². The molecule has 0 spiro atoms. The Balaban J connectivity index is 2.19. The van der Waals surface area contributed by atoms with Crippen LogP contribution in [0, 0.1) is 6.92 Å². The molecule has 0 aromatic heterocycles. The maximum atomic E-state index is 13.4. The molecule has 9 heteroatoms. The zero-order chi connectivity index (χ0) is 26.0. The predicted molar refractivity (Wildman–Crippen MR) is 142 cm³/mol. The Hall–Kier alpha value is -2.58. The Morgan fingerprint density at radius 3 is 2.34 bits per heavy atom. The summed E-state index contributed by atoms with van der Waals surface area (Å²) in [5.74, 6) is -0.384. The zero-order valence-electron chi connectivity index (χ0n) is 21.0. The van der Waals surface area contributed by atoms with Crippen LogP contribution in [0.2, 0.25) is 5.02 Å². The van der Waals surface area contributed by atoms with Crippen molar-refractivity contribution < 1.29 is 18.0 Å². The minimum absolute atomic E-state index is 0.114. The van der Waals surface area contributed by atoms with E-state index in [4.69, 9.17) is 11.6 Å². The van der Waals surface area contributed by atoms with Gasteiger partial charge in [-0.3, -0.25) is 13.9 Å². The number of nitrogens with zero attached hydrogens (tertiary/aromatic N) is 2. The highest BCUT2D eigenvalue weighted by Crippen LogP contribution is 2.21. The highest BCUT2D eigenvalue weighted by atomic mass is 35.5. The number of halogens is 1. The third-order valence-electron chi connectivity index (χ3n) is 5.64. The summed E-state index contributed by atoms with van der Waals surface area (Å²) < 4.78 is 26.2. The van der Waals surface area contributed by atoms with Gasteiger partial charge in [0, 0.05) is 31.1 Å². The molecule has 0 aliphatic carbocycles. The highest BCUT2D eigenvalue weighted by molar-refractivity contribution is 7.92. The molecule has 0 heterocycles. The summed E-state index contributed by atoms with van der Waals surface area (Å²) in [4.78, 5) is 27.8. The van der Waals surface area contributed by atoms with Crippen molar-refractivity contribution in [3.8, 4) is 0 Å². The van der Waals surface area contributed by atoms with Crippen LogP contribution in [-0.2, 0) is 26.2 Å². The van der Waals surface area contributed by atoms with Gasteiger partial charge in [0.05, 0.1) is 11.9 Å². The Morgan fingerprint density at radius 2 is 1.77 bits per heavy atom. The number of amides is 2. The second kappa shape index (κ2) is 13.5. The molecule has 0 fully saturated rings. The summed E-state index contributed by atoms with van der Waals surface area (Å²) >= 11 is 6.01. The minimum Gasteiger partial charge on any atom is -0.354 e. The van der Waals surface area contributed by atoms with Gasteiger partial charge in [-0.1, -0.05) is 49.7 Å². The van der Waals surface area contributed by atoms with E-state index in [1.54, 1.807) is 29.2 Å². The third kappa shape index (κ3) is 8.85. The summed E-state index contributed by atoms with van der Waals surface area (Å²) in [5, 5.41) is 3.49. The minimum atomic E-state index is -3.52. The zero-order valence-corrected chi connectivity index (χ0v) is 22.5. The number of nitrogens with one attached hydrogen (secondary N) is 1. The molecule has 2 aromatic carbocycles. The summed E-state index contributed by atoms with van der Waals surface area (Å²) in [5.41, 5.74) is 2.38. The van der Waals surface area contributed by atoms with Gasteiger partial charge < -0.3 is 10.2 Å². The van der Waals surface area contributed by atoms with Gasteiger partial charge in [-0.15, -0.1) is 0 Å². The maximum Gasteiger partial charge on any atom is 0.242 e. The molecule has 2 aromatic rings. The van der Waals surface area contributed by atoms with Crippen LogP contribution in [0.5, 0.6) is 0 Å². The first-order chi connectivity index (χ1) is 16.6. The molecule has 2 amide bonds. The topological polar surface area (TPSA) is 86.8 Å². The molecule has 1 N–H and O–H groups in total. The van der Waals surface area contributed by atoms with Gasteiger partial charge in [-0.2, -0.15) is 0 Å². The fourth-order valence-corrected chi connectivity index (χ4v) is 4.94. The molecule has 0 aliphatic heterocycles. The number of rotatable bonds is 13. The van der Waals surface area contributed by atoms with Crippen LogP contribution in [0.3, 0.4) is 0 Å². The van der Waals surface area contributed by atoms with Gasteiger partial charge in [0.1, 0.15) is 6.04 Å². The first-order valence-corrected chi connectivity index (χ1v) is 14.2. The van der Waals surface area contributed by atoms with Crippen LogP contribution in [0.15, 0.2) is 48.5 Å². The second-order valence-electron chi connectivity index (χ2n) is 8.64. The van der Waals surface area contributed by atoms with Gasteiger partial charge in [-0.25, -0.2) is 8.42 Å². The number of carbonyl (C=O) groups is 2. The van der Waals surface area contributed by atoms with E-state index in [9.17, 15) is 18.0 Å². The van der Waals surface area contributed by atoms with E-state index in [0.717, 1.165) is 23.8 Å². The molecule has 0 bridgehead atoms. The Bertz CT molecular complexity index is 1090. The Labute approximate surface area is 214 Å². The number of hydrogen-bond acceptors (Lipinski definition) is 4. The quantitative estimate of drug-likeness (QED) is 0.419. The first-order valence-electron chi connectivity index (χ1n) is 11.9. The standard InChI is InChI=1S/C26H36ClN3O4S/c1-5-16-28-26(32)24(6-2)29(19-21-12-14-22(27)15-13-21)25(31)11-8-17-30(35(4,33)34)23-10-7-9-20(3)18-23/h7,9-10,12-15,18,24H,5-6,8,11,16-17,19H2,1-4H3,(H,28,32). The summed E-state index contributed by atoms with van der Waals surface area (Å²) in [6.07, 6.45) is 2.86. The lowest BCUT2D eigenvalue weighted by atomic mass is 10.1. The van der Waals surface area contributed by atoms with Crippen LogP contribution in [0.1, 0.15) is 50.7 Å². The lowest BCUT2D eigenvalue weighted by Gasteiger charge is -2.31. The molecule has 1 atom stereocenters. The first kappa shape index (κ1) is 28.7.